The lowest BCUT2D eigenvalue weighted by molar-refractivity contribution is 0.212. The number of aromatic nitrogens is 1. The molecule has 76 valence electrons. The number of hydrogen-bond acceptors (Lipinski definition) is 6. The SMILES string of the molecule is NC(=O)OS(=O)(=O)c1cc(N)ccn1. The molecule has 1 aromatic heterocycles. The van der Waals surface area contributed by atoms with E-state index in [4.69, 9.17) is 5.73 Å². The van der Waals surface area contributed by atoms with Gasteiger partial charge in [0.2, 0.25) is 0 Å². The van der Waals surface area contributed by atoms with Crippen molar-refractivity contribution in [3.05, 3.63) is 18.3 Å². The zero-order valence-electron chi connectivity index (χ0n) is 6.88. The van der Waals surface area contributed by atoms with Crippen molar-refractivity contribution in [2.75, 3.05) is 5.73 Å². The fourth-order valence-corrected chi connectivity index (χ4v) is 1.48. The largest absolute Gasteiger partial charge is 0.420 e. The summed E-state index contributed by atoms with van der Waals surface area (Å²) in [5.41, 5.74) is 10.1. The molecule has 0 aliphatic rings. The molecule has 0 aliphatic heterocycles. The quantitative estimate of drug-likeness (QED) is 0.640. The van der Waals surface area contributed by atoms with Gasteiger partial charge < -0.3 is 15.7 Å². The smallest absolute Gasteiger partial charge is 0.399 e. The number of nitrogen functional groups attached to an aromatic ring is 1. The van der Waals surface area contributed by atoms with Gasteiger partial charge in [0.05, 0.1) is 0 Å². The van der Waals surface area contributed by atoms with E-state index in [1.807, 2.05) is 0 Å². The Morgan fingerprint density at radius 3 is 2.64 bits per heavy atom. The van der Waals surface area contributed by atoms with Gasteiger partial charge in [0.1, 0.15) is 0 Å². The summed E-state index contributed by atoms with van der Waals surface area (Å²) in [4.78, 5) is 13.7. The standard InChI is InChI=1S/C6H7N3O4S/c7-4-1-2-9-5(3-4)14(11,12)13-6(8)10/h1-3H,(H2,7,9)(H2,8,10). The number of rotatable bonds is 2. The Morgan fingerprint density at radius 2 is 2.14 bits per heavy atom. The summed E-state index contributed by atoms with van der Waals surface area (Å²) in [6.07, 6.45) is -0.249. The first kappa shape index (κ1) is 10.3. The number of nitrogens with zero attached hydrogens (tertiary/aromatic N) is 1. The van der Waals surface area contributed by atoms with Crippen LogP contribution in [0.3, 0.4) is 0 Å². The summed E-state index contributed by atoms with van der Waals surface area (Å²) in [5.74, 6) is 0. The van der Waals surface area contributed by atoms with Crippen LogP contribution in [0.2, 0.25) is 0 Å². The number of hydrogen-bond donors (Lipinski definition) is 2. The van der Waals surface area contributed by atoms with Gasteiger partial charge in [-0.25, -0.2) is 9.78 Å². The van der Waals surface area contributed by atoms with Gasteiger partial charge in [-0.15, -0.1) is 0 Å². The molecule has 0 saturated carbocycles. The predicted octanol–water partition coefficient (Wildman–Crippen LogP) is -0.552. The summed E-state index contributed by atoms with van der Waals surface area (Å²) >= 11 is 0. The third-order valence-electron chi connectivity index (χ3n) is 1.21. The topological polar surface area (TPSA) is 125 Å². The molecule has 1 heterocycles. The van der Waals surface area contributed by atoms with Gasteiger partial charge in [0.15, 0.2) is 5.03 Å². The number of amides is 1. The first-order valence-corrected chi connectivity index (χ1v) is 4.78. The molecular weight excluding hydrogens is 210 g/mol. The molecule has 0 spiro atoms. The van der Waals surface area contributed by atoms with Gasteiger partial charge in [-0.1, -0.05) is 0 Å². The van der Waals surface area contributed by atoms with E-state index < -0.39 is 21.2 Å². The minimum absolute atomic E-state index is 0.187. The van der Waals surface area contributed by atoms with E-state index in [1.54, 1.807) is 0 Å². The Labute approximate surface area is 79.8 Å². The van der Waals surface area contributed by atoms with E-state index in [0.717, 1.165) is 6.07 Å². The molecular formula is C6H7N3O4S. The molecule has 0 radical (unpaired) electrons. The van der Waals surface area contributed by atoms with Crippen molar-refractivity contribution in [2.24, 2.45) is 5.73 Å². The minimum atomic E-state index is -4.25. The van der Waals surface area contributed by atoms with Crippen molar-refractivity contribution < 1.29 is 17.4 Å². The molecule has 0 unspecified atom stereocenters. The lowest BCUT2D eigenvalue weighted by Crippen LogP contribution is -2.19. The molecule has 7 nitrogen and oxygen atoms in total. The van der Waals surface area contributed by atoms with Crippen molar-refractivity contribution in [1.29, 1.82) is 0 Å². The molecule has 0 saturated heterocycles. The van der Waals surface area contributed by atoms with Crippen molar-refractivity contribution in [2.45, 2.75) is 5.03 Å². The molecule has 14 heavy (non-hydrogen) atoms. The number of anilines is 1. The lowest BCUT2D eigenvalue weighted by atomic mass is 10.4. The Balaban J connectivity index is 3.11. The van der Waals surface area contributed by atoms with Crippen molar-refractivity contribution in [3.8, 4) is 0 Å². The molecule has 0 bridgehead atoms. The molecule has 1 aromatic rings. The summed E-state index contributed by atoms with van der Waals surface area (Å²) < 4.78 is 26.2. The lowest BCUT2D eigenvalue weighted by Gasteiger charge is -2.01. The average Bonchev–Trinajstić information content (AvgIpc) is 2.01. The maximum absolute atomic E-state index is 11.2. The van der Waals surface area contributed by atoms with Crippen molar-refractivity contribution in [3.63, 3.8) is 0 Å². The van der Waals surface area contributed by atoms with Crippen LogP contribution in [0.4, 0.5) is 10.5 Å². The summed E-state index contributed by atoms with van der Waals surface area (Å²) in [7, 11) is -4.25. The van der Waals surface area contributed by atoms with Crippen LogP contribution in [0.1, 0.15) is 0 Å². The number of primary amides is 1. The molecule has 4 N–H and O–H groups in total. The van der Waals surface area contributed by atoms with Crippen LogP contribution < -0.4 is 11.5 Å². The van der Waals surface area contributed by atoms with Crippen LogP contribution in [0.25, 0.3) is 0 Å². The minimum Gasteiger partial charge on any atom is -0.399 e. The van der Waals surface area contributed by atoms with Gasteiger partial charge in [-0.05, 0) is 6.07 Å². The highest BCUT2D eigenvalue weighted by Gasteiger charge is 2.19. The fraction of sp³-hybridized carbons (Fsp3) is 0. The predicted molar refractivity (Wildman–Crippen MR) is 46.5 cm³/mol. The van der Waals surface area contributed by atoms with Gasteiger partial charge >= 0.3 is 16.2 Å². The number of carbonyl (C=O) groups is 1. The van der Waals surface area contributed by atoms with Gasteiger partial charge in [0, 0.05) is 18.0 Å². The molecule has 0 fully saturated rings. The molecule has 0 atom stereocenters. The second kappa shape index (κ2) is 3.50. The Kier molecular flexibility index (Phi) is 2.56. The number of nitrogens with two attached hydrogens (primary N) is 2. The monoisotopic (exact) mass is 217 g/mol. The van der Waals surface area contributed by atoms with Crippen LogP contribution in [-0.4, -0.2) is 19.5 Å². The number of pyridine rings is 1. The maximum atomic E-state index is 11.2. The van der Waals surface area contributed by atoms with E-state index in [2.05, 4.69) is 14.9 Å². The summed E-state index contributed by atoms with van der Waals surface area (Å²) in [6.45, 7) is 0. The van der Waals surface area contributed by atoms with Crippen molar-refractivity contribution in [1.82, 2.24) is 4.98 Å². The second-order valence-corrected chi connectivity index (χ2v) is 3.78. The fourth-order valence-electron chi connectivity index (χ4n) is 0.712. The molecule has 0 aromatic carbocycles. The first-order chi connectivity index (χ1) is 6.42. The van der Waals surface area contributed by atoms with Crippen LogP contribution in [0.15, 0.2) is 23.4 Å². The van der Waals surface area contributed by atoms with Gasteiger partial charge in [0.25, 0.3) is 0 Å². The van der Waals surface area contributed by atoms with Crippen LogP contribution >= 0.6 is 0 Å². The first-order valence-electron chi connectivity index (χ1n) is 3.37. The highest BCUT2D eigenvalue weighted by molar-refractivity contribution is 7.87. The normalized spacial score (nSPS) is 10.9. The Bertz CT molecular complexity index is 456. The van der Waals surface area contributed by atoms with E-state index in [9.17, 15) is 13.2 Å². The zero-order chi connectivity index (χ0) is 10.8. The van der Waals surface area contributed by atoms with Crippen LogP contribution in [0, 0.1) is 0 Å². The molecule has 8 heteroatoms. The van der Waals surface area contributed by atoms with Crippen molar-refractivity contribution >= 4 is 21.9 Å². The molecule has 1 amide bonds. The Hall–Kier alpha value is -1.83. The molecule has 0 aliphatic carbocycles. The van der Waals surface area contributed by atoms with Crippen LogP contribution in [-0.2, 0) is 14.3 Å². The highest BCUT2D eigenvalue weighted by atomic mass is 32.2. The van der Waals surface area contributed by atoms with Gasteiger partial charge in [-0.2, -0.15) is 8.42 Å². The van der Waals surface area contributed by atoms with E-state index >= 15 is 0 Å². The second-order valence-electron chi connectivity index (χ2n) is 2.28. The van der Waals surface area contributed by atoms with Crippen LogP contribution in [0.5, 0.6) is 0 Å². The summed E-state index contributed by atoms with van der Waals surface area (Å²) in [5, 5.41) is -0.462. The Morgan fingerprint density at radius 1 is 1.50 bits per heavy atom. The van der Waals surface area contributed by atoms with E-state index in [-0.39, 0.29) is 5.69 Å². The third-order valence-corrected chi connectivity index (χ3v) is 2.33. The van der Waals surface area contributed by atoms with E-state index in [0.29, 0.717) is 0 Å². The zero-order valence-corrected chi connectivity index (χ0v) is 7.69. The summed E-state index contributed by atoms with van der Waals surface area (Å²) in [6, 6.07) is 2.45. The maximum Gasteiger partial charge on any atom is 0.420 e. The van der Waals surface area contributed by atoms with Gasteiger partial charge in [-0.3, -0.25) is 0 Å². The highest BCUT2D eigenvalue weighted by Crippen LogP contribution is 2.11. The third kappa shape index (κ3) is 2.33. The molecule has 1 rings (SSSR count). The van der Waals surface area contributed by atoms with E-state index in [1.165, 1.54) is 12.3 Å². The average molecular weight is 217 g/mol. The number of carbonyl (C=O) groups excluding carboxylic acids is 1.